The van der Waals surface area contributed by atoms with Crippen LogP contribution in [0.5, 0.6) is 5.75 Å². The Morgan fingerprint density at radius 3 is 2.73 bits per heavy atom. The van der Waals surface area contributed by atoms with Crippen molar-refractivity contribution in [3.05, 3.63) is 53.1 Å². The lowest BCUT2D eigenvalue weighted by Crippen LogP contribution is -2.33. The molecule has 0 bridgehead atoms. The largest absolute Gasteiger partial charge is 0.496 e. The van der Waals surface area contributed by atoms with Crippen LogP contribution in [-0.2, 0) is 0 Å². The highest BCUT2D eigenvalue weighted by Gasteiger charge is 2.26. The molecule has 0 radical (unpaired) electrons. The second-order valence-corrected chi connectivity index (χ2v) is 5.85. The van der Waals surface area contributed by atoms with Gasteiger partial charge in [-0.2, -0.15) is 0 Å². The van der Waals surface area contributed by atoms with Crippen LogP contribution in [0.25, 0.3) is 0 Å². The number of ether oxygens (including phenoxy) is 1. The molecule has 1 aliphatic heterocycles. The molecule has 1 aromatic carbocycles. The maximum atomic E-state index is 14.2. The quantitative estimate of drug-likeness (QED) is 0.844. The van der Waals surface area contributed by atoms with Gasteiger partial charge in [0.2, 0.25) is 0 Å². The summed E-state index contributed by atoms with van der Waals surface area (Å²) in [6.45, 7) is 1.68. The first kappa shape index (κ1) is 15.1. The first-order valence-electron chi connectivity index (χ1n) is 7.37. The van der Waals surface area contributed by atoms with Crippen molar-refractivity contribution >= 4 is 17.3 Å². The van der Waals surface area contributed by atoms with Crippen molar-refractivity contribution < 1.29 is 9.13 Å². The van der Waals surface area contributed by atoms with E-state index in [1.807, 2.05) is 12.1 Å². The molecule has 0 unspecified atom stereocenters. The molecular weight excluding hydrogens is 303 g/mol. The number of hydrogen-bond acceptors (Lipinski definition) is 3. The number of piperidine rings is 1. The van der Waals surface area contributed by atoms with E-state index in [2.05, 4.69) is 9.88 Å². The van der Waals surface area contributed by atoms with Crippen LogP contribution in [0, 0.1) is 5.82 Å². The van der Waals surface area contributed by atoms with Crippen LogP contribution in [0.3, 0.4) is 0 Å². The zero-order valence-electron chi connectivity index (χ0n) is 12.4. The molecule has 116 valence electrons. The van der Waals surface area contributed by atoms with E-state index < -0.39 is 0 Å². The SMILES string of the molecule is COc1cccc(F)c1C1CCN(c2ccncc2Cl)CC1. The van der Waals surface area contributed by atoms with Gasteiger partial charge in [-0.3, -0.25) is 4.98 Å². The molecule has 0 N–H and O–H groups in total. The maximum Gasteiger partial charge on any atom is 0.130 e. The Kier molecular flexibility index (Phi) is 4.48. The number of rotatable bonds is 3. The third-order valence-corrected chi connectivity index (χ3v) is 4.52. The maximum absolute atomic E-state index is 14.2. The molecule has 0 amide bonds. The van der Waals surface area contributed by atoms with Crippen LogP contribution in [0.2, 0.25) is 5.02 Å². The standard InChI is InChI=1S/C17H18ClFN2O/c1-22-16-4-2-3-14(19)17(16)12-6-9-21(10-7-12)15-5-8-20-11-13(15)18/h2-5,8,11-12H,6-7,9-10H2,1H3. The molecule has 3 nitrogen and oxygen atoms in total. The summed E-state index contributed by atoms with van der Waals surface area (Å²) in [6, 6.07) is 6.93. The number of hydrogen-bond donors (Lipinski definition) is 0. The summed E-state index contributed by atoms with van der Waals surface area (Å²) in [5.74, 6) is 0.633. The van der Waals surface area contributed by atoms with Crippen molar-refractivity contribution in [2.45, 2.75) is 18.8 Å². The molecule has 2 aromatic rings. The predicted molar refractivity (Wildman–Crippen MR) is 86.4 cm³/mol. The number of aromatic nitrogens is 1. The first-order valence-corrected chi connectivity index (χ1v) is 7.75. The first-order chi connectivity index (χ1) is 10.7. The number of halogens is 2. The van der Waals surface area contributed by atoms with Crippen LogP contribution < -0.4 is 9.64 Å². The van der Waals surface area contributed by atoms with Gasteiger partial charge in [-0.1, -0.05) is 17.7 Å². The van der Waals surface area contributed by atoms with E-state index >= 15 is 0 Å². The van der Waals surface area contributed by atoms with Crippen molar-refractivity contribution in [3.8, 4) is 5.75 Å². The third kappa shape index (κ3) is 2.88. The zero-order chi connectivity index (χ0) is 15.5. The van der Waals surface area contributed by atoms with Gasteiger partial charge in [0.1, 0.15) is 11.6 Å². The third-order valence-electron chi connectivity index (χ3n) is 4.23. The fourth-order valence-corrected chi connectivity index (χ4v) is 3.36. The second kappa shape index (κ2) is 6.53. The lowest BCUT2D eigenvalue weighted by Gasteiger charge is -2.34. The highest BCUT2D eigenvalue weighted by atomic mass is 35.5. The summed E-state index contributed by atoms with van der Waals surface area (Å²) < 4.78 is 19.5. The molecule has 0 saturated carbocycles. The fourth-order valence-electron chi connectivity index (χ4n) is 3.12. The minimum absolute atomic E-state index is 0.174. The summed E-state index contributed by atoms with van der Waals surface area (Å²) in [4.78, 5) is 6.24. The summed E-state index contributed by atoms with van der Waals surface area (Å²) in [5.41, 5.74) is 1.70. The van der Waals surface area contributed by atoms with Gasteiger partial charge in [0, 0.05) is 31.0 Å². The van der Waals surface area contributed by atoms with Gasteiger partial charge in [0.15, 0.2) is 0 Å². The average Bonchev–Trinajstić information content (AvgIpc) is 2.55. The summed E-state index contributed by atoms with van der Waals surface area (Å²) in [7, 11) is 1.59. The molecule has 5 heteroatoms. The van der Waals surface area contributed by atoms with E-state index in [1.54, 1.807) is 25.6 Å². The van der Waals surface area contributed by atoms with E-state index in [1.165, 1.54) is 6.07 Å². The van der Waals surface area contributed by atoms with E-state index in [0.717, 1.165) is 31.6 Å². The number of methoxy groups -OCH3 is 1. The Labute approximate surface area is 134 Å². The van der Waals surface area contributed by atoms with Gasteiger partial charge in [0.05, 0.1) is 17.8 Å². The Bertz CT molecular complexity index is 657. The van der Waals surface area contributed by atoms with Gasteiger partial charge < -0.3 is 9.64 Å². The highest BCUT2D eigenvalue weighted by Crippen LogP contribution is 2.38. The van der Waals surface area contributed by atoms with Gasteiger partial charge in [0.25, 0.3) is 0 Å². The van der Waals surface area contributed by atoms with E-state index in [9.17, 15) is 4.39 Å². The van der Waals surface area contributed by atoms with Crippen LogP contribution in [0.4, 0.5) is 10.1 Å². The van der Waals surface area contributed by atoms with Crippen LogP contribution >= 0.6 is 11.6 Å². The normalized spacial score (nSPS) is 15.9. The zero-order valence-corrected chi connectivity index (χ0v) is 13.2. The van der Waals surface area contributed by atoms with E-state index in [0.29, 0.717) is 16.3 Å². The topological polar surface area (TPSA) is 25.4 Å². The van der Waals surface area contributed by atoms with Crippen molar-refractivity contribution in [1.82, 2.24) is 4.98 Å². The summed E-state index contributed by atoms with van der Waals surface area (Å²) >= 11 is 6.20. The number of pyridine rings is 1. The van der Waals surface area contributed by atoms with Crippen molar-refractivity contribution in [2.24, 2.45) is 0 Å². The van der Waals surface area contributed by atoms with Crippen LogP contribution in [0.15, 0.2) is 36.7 Å². The smallest absolute Gasteiger partial charge is 0.130 e. The number of nitrogens with zero attached hydrogens (tertiary/aromatic N) is 2. The highest BCUT2D eigenvalue weighted by molar-refractivity contribution is 6.33. The Hall–Kier alpha value is -1.81. The minimum atomic E-state index is -0.181. The van der Waals surface area contributed by atoms with Gasteiger partial charge in [-0.25, -0.2) is 4.39 Å². The fraction of sp³-hybridized carbons (Fsp3) is 0.353. The molecule has 1 saturated heterocycles. The van der Waals surface area contributed by atoms with Crippen LogP contribution in [-0.4, -0.2) is 25.2 Å². The molecule has 22 heavy (non-hydrogen) atoms. The number of anilines is 1. The monoisotopic (exact) mass is 320 g/mol. The van der Waals surface area contributed by atoms with Crippen molar-refractivity contribution in [2.75, 3.05) is 25.1 Å². The van der Waals surface area contributed by atoms with E-state index in [4.69, 9.17) is 16.3 Å². The molecule has 1 aromatic heterocycles. The second-order valence-electron chi connectivity index (χ2n) is 5.44. The summed E-state index contributed by atoms with van der Waals surface area (Å²) in [5, 5.41) is 0.657. The minimum Gasteiger partial charge on any atom is -0.496 e. The van der Waals surface area contributed by atoms with Gasteiger partial charge >= 0.3 is 0 Å². The Balaban J connectivity index is 1.77. The molecule has 2 heterocycles. The molecule has 0 atom stereocenters. The molecular formula is C17H18ClFN2O. The molecule has 0 aliphatic carbocycles. The van der Waals surface area contributed by atoms with Gasteiger partial charge in [-0.05, 0) is 37.0 Å². The lowest BCUT2D eigenvalue weighted by molar-refractivity contribution is 0.388. The molecule has 1 aliphatic rings. The molecule has 3 rings (SSSR count). The van der Waals surface area contributed by atoms with E-state index in [-0.39, 0.29) is 11.7 Å². The molecule has 0 spiro atoms. The molecule has 1 fully saturated rings. The van der Waals surface area contributed by atoms with Gasteiger partial charge in [-0.15, -0.1) is 0 Å². The Morgan fingerprint density at radius 1 is 1.27 bits per heavy atom. The predicted octanol–water partition coefficient (Wildman–Crippen LogP) is 4.27. The number of benzene rings is 1. The Morgan fingerprint density at radius 2 is 2.05 bits per heavy atom. The average molecular weight is 321 g/mol. The van der Waals surface area contributed by atoms with Crippen LogP contribution in [0.1, 0.15) is 24.3 Å². The lowest BCUT2D eigenvalue weighted by atomic mass is 9.88. The van der Waals surface area contributed by atoms with Crippen molar-refractivity contribution in [3.63, 3.8) is 0 Å². The van der Waals surface area contributed by atoms with Crippen molar-refractivity contribution in [1.29, 1.82) is 0 Å². The summed E-state index contributed by atoms with van der Waals surface area (Å²) in [6.07, 6.45) is 5.14.